The second kappa shape index (κ2) is 4.27. The van der Waals surface area contributed by atoms with Crippen molar-refractivity contribution < 1.29 is 0 Å². The lowest BCUT2D eigenvalue weighted by molar-refractivity contribution is 0.836. The molecule has 0 unspecified atom stereocenters. The lowest BCUT2D eigenvalue weighted by Gasteiger charge is -2.00. The molecule has 1 aromatic carbocycles. The van der Waals surface area contributed by atoms with Crippen molar-refractivity contribution in [3.63, 3.8) is 0 Å². The van der Waals surface area contributed by atoms with Crippen molar-refractivity contribution in [1.82, 2.24) is 0 Å². The van der Waals surface area contributed by atoms with Crippen LogP contribution in [0.1, 0.15) is 30.5 Å². The van der Waals surface area contributed by atoms with E-state index in [1.807, 2.05) is 0 Å². The van der Waals surface area contributed by atoms with Gasteiger partial charge in [-0.2, -0.15) is 0 Å². The summed E-state index contributed by atoms with van der Waals surface area (Å²) in [6.45, 7) is 8.66. The van der Waals surface area contributed by atoms with Gasteiger partial charge in [0.2, 0.25) is 0 Å². The third-order valence-corrected chi connectivity index (χ3v) is 1.92. The van der Waals surface area contributed by atoms with Crippen LogP contribution in [-0.4, -0.2) is 0 Å². The summed E-state index contributed by atoms with van der Waals surface area (Å²) in [7, 11) is 0. The van der Waals surface area contributed by atoms with Crippen LogP contribution in [0.4, 0.5) is 0 Å². The van der Waals surface area contributed by atoms with Crippen molar-refractivity contribution in [2.24, 2.45) is 5.92 Å². The van der Waals surface area contributed by atoms with E-state index in [1.165, 1.54) is 16.7 Å². The third kappa shape index (κ3) is 3.45. The van der Waals surface area contributed by atoms with Gasteiger partial charge < -0.3 is 0 Å². The summed E-state index contributed by atoms with van der Waals surface area (Å²) in [5.41, 5.74) is 3.98. The zero-order chi connectivity index (χ0) is 9.84. The van der Waals surface area contributed by atoms with Crippen LogP contribution < -0.4 is 0 Å². The number of benzene rings is 1. The van der Waals surface area contributed by atoms with Gasteiger partial charge in [0.25, 0.3) is 0 Å². The molecule has 13 heavy (non-hydrogen) atoms. The number of rotatable bonds is 2. The predicted octanol–water partition coefficient (Wildman–Crippen LogP) is 3.97. The summed E-state index contributed by atoms with van der Waals surface area (Å²) in [6.07, 6.45) is 4.43. The number of hydrogen-bond acceptors (Lipinski definition) is 0. The van der Waals surface area contributed by atoms with E-state index in [0.29, 0.717) is 5.92 Å². The Bertz CT molecular complexity index is 286. The minimum atomic E-state index is 0.626. The first-order chi connectivity index (χ1) is 6.08. The van der Waals surface area contributed by atoms with Gasteiger partial charge in [0, 0.05) is 0 Å². The highest BCUT2D eigenvalue weighted by Gasteiger charge is 1.92. The van der Waals surface area contributed by atoms with Gasteiger partial charge in [-0.25, -0.2) is 0 Å². The summed E-state index contributed by atoms with van der Waals surface area (Å²) < 4.78 is 0. The summed E-state index contributed by atoms with van der Waals surface area (Å²) in [5.74, 6) is 0.626. The van der Waals surface area contributed by atoms with E-state index < -0.39 is 0 Å². The number of aryl methyl sites for hydroxylation is 2. The molecule has 0 aliphatic heterocycles. The van der Waals surface area contributed by atoms with Crippen LogP contribution in [-0.2, 0) is 0 Å². The maximum absolute atomic E-state index is 2.23. The van der Waals surface area contributed by atoms with Crippen LogP contribution in [0.25, 0.3) is 6.08 Å². The molecule has 0 aliphatic rings. The Morgan fingerprint density at radius 1 is 1.00 bits per heavy atom. The van der Waals surface area contributed by atoms with Crippen LogP contribution in [0, 0.1) is 19.8 Å². The van der Waals surface area contributed by atoms with Crippen LogP contribution in [0.3, 0.4) is 0 Å². The highest BCUT2D eigenvalue weighted by atomic mass is 14.0. The van der Waals surface area contributed by atoms with Crippen LogP contribution in [0.15, 0.2) is 24.3 Å². The van der Waals surface area contributed by atoms with E-state index in [-0.39, 0.29) is 0 Å². The van der Waals surface area contributed by atoms with Crippen LogP contribution in [0.2, 0.25) is 0 Å². The first-order valence-corrected chi connectivity index (χ1v) is 4.84. The molecule has 0 atom stereocenters. The lowest BCUT2D eigenvalue weighted by Crippen LogP contribution is -1.81. The van der Waals surface area contributed by atoms with E-state index >= 15 is 0 Å². The molecule has 1 aromatic rings. The molecular weight excluding hydrogens is 156 g/mol. The smallest absolute Gasteiger partial charge is 0.0254 e. The molecule has 0 saturated carbocycles. The van der Waals surface area contributed by atoms with Crippen molar-refractivity contribution in [2.75, 3.05) is 0 Å². The van der Waals surface area contributed by atoms with Crippen molar-refractivity contribution in [2.45, 2.75) is 27.7 Å². The zero-order valence-electron chi connectivity index (χ0n) is 8.96. The fourth-order valence-electron chi connectivity index (χ4n) is 1.41. The van der Waals surface area contributed by atoms with Crippen molar-refractivity contribution in [3.05, 3.63) is 41.0 Å². The number of hydrogen-bond donors (Lipinski definition) is 0. The number of allylic oxidation sites excluding steroid dienone is 1. The summed E-state index contributed by atoms with van der Waals surface area (Å²) in [4.78, 5) is 0. The molecule has 0 amide bonds. The molecule has 1 rings (SSSR count). The van der Waals surface area contributed by atoms with E-state index in [4.69, 9.17) is 0 Å². The molecule has 0 aliphatic carbocycles. The Balaban J connectivity index is 2.89. The molecule has 0 N–H and O–H groups in total. The molecule has 0 heterocycles. The second-order valence-electron chi connectivity index (χ2n) is 4.02. The zero-order valence-corrected chi connectivity index (χ0v) is 8.96. The largest absolute Gasteiger partial charge is 0.0814 e. The van der Waals surface area contributed by atoms with Gasteiger partial charge in [0.05, 0.1) is 0 Å². The fourth-order valence-corrected chi connectivity index (χ4v) is 1.41. The Morgan fingerprint density at radius 2 is 1.54 bits per heavy atom. The molecule has 0 aromatic heterocycles. The van der Waals surface area contributed by atoms with E-state index in [1.54, 1.807) is 0 Å². The quantitative estimate of drug-likeness (QED) is 0.636. The Labute approximate surface area is 81.3 Å². The molecule has 0 radical (unpaired) electrons. The Morgan fingerprint density at radius 3 is 2.00 bits per heavy atom. The molecule has 0 fully saturated rings. The Kier molecular flexibility index (Phi) is 3.30. The molecule has 0 nitrogen and oxygen atoms in total. The molecular formula is C13H18. The average Bonchev–Trinajstić information content (AvgIpc) is 1.99. The van der Waals surface area contributed by atoms with Gasteiger partial charge >= 0.3 is 0 Å². The highest BCUT2D eigenvalue weighted by Crippen LogP contribution is 2.11. The lowest BCUT2D eigenvalue weighted by atomic mass is 10.1. The van der Waals surface area contributed by atoms with Crippen LogP contribution in [0.5, 0.6) is 0 Å². The van der Waals surface area contributed by atoms with E-state index in [9.17, 15) is 0 Å². The van der Waals surface area contributed by atoms with Gasteiger partial charge in [-0.05, 0) is 25.3 Å². The first kappa shape index (κ1) is 10.0. The molecule has 0 heteroatoms. The maximum Gasteiger partial charge on any atom is -0.0254 e. The first-order valence-electron chi connectivity index (χ1n) is 4.84. The molecule has 0 saturated heterocycles. The monoisotopic (exact) mass is 174 g/mol. The van der Waals surface area contributed by atoms with Gasteiger partial charge in [0.15, 0.2) is 0 Å². The van der Waals surface area contributed by atoms with Gasteiger partial charge in [-0.1, -0.05) is 55.3 Å². The minimum absolute atomic E-state index is 0.626. The normalized spacial score (nSPS) is 11.5. The predicted molar refractivity (Wildman–Crippen MR) is 59.8 cm³/mol. The summed E-state index contributed by atoms with van der Waals surface area (Å²) in [6, 6.07) is 6.63. The molecule has 0 spiro atoms. The Hall–Kier alpha value is -1.04. The van der Waals surface area contributed by atoms with Crippen molar-refractivity contribution in [3.8, 4) is 0 Å². The van der Waals surface area contributed by atoms with Gasteiger partial charge in [-0.15, -0.1) is 0 Å². The SMILES string of the molecule is Cc1cc(C)cc(/C=C\C(C)C)c1. The topological polar surface area (TPSA) is 0 Å². The summed E-state index contributed by atoms with van der Waals surface area (Å²) in [5, 5.41) is 0. The minimum Gasteiger partial charge on any atom is -0.0814 e. The maximum atomic E-state index is 2.23. The van der Waals surface area contributed by atoms with Crippen molar-refractivity contribution >= 4 is 6.08 Å². The van der Waals surface area contributed by atoms with E-state index in [0.717, 1.165) is 0 Å². The van der Waals surface area contributed by atoms with Gasteiger partial charge in [-0.3, -0.25) is 0 Å². The molecule has 0 bridgehead atoms. The van der Waals surface area contributed by atoms with E-state index in [2.05, 4.69) is 58.0 Å². The van der Waals surface area contributed by atoms with Crippen LogP contribution >= 0.6 is 0 Å². The van der Waals surface area contributed by atoms with Crippen molar-refractivity contribution in [1.29, 1.82) is 0 Å². The summed E-state index contributed by atoms with van der Waals surface area (Å²) >= 11 is 0. The second-order valence-corrected chi connectivity index (χ2v) is 4.02. The standard InChI is InChI=1S/C13H18/c1-10(2)5-6-13-8-11(3)7-12(4)9-13/h5-10H,1-4H3/b6-5-. The average molecular weight is 174 g/mol. The third-order valence-electron chi connectivity index (χ3n) is 1.92. The highest BCUT2D eigenvalue weighted by molar-refractivity contribution is 5.51. The fraction of sp³-hybridized carbons (Fsp3) is 0.385. The molecule has 70 valence electrons. The van der Waals surface area contributed by atoms with Gasteiger partial charge in [0.1, 0.15) is 0 Å².